The number of primary amides is 1. The van der Waals surface area contributed by atoms with Crippen LogP contribution in [-0.4, -0.2) is 45.9 Å². The largest absolute Gasteiger partial charge is 0.373 e. The zero-order valence-electron chi connectivity index (χ0n) is 10.4. The van der Waals surface area contributed by atoms with Crippen molar-refractivity contribution < 1.29 is 9.72 Å². The number of thiazole rings is 1. The number of nitro groups is 1. The molecule has 0 aromatic carbocycles. The van der Waals surface area contributed by atoms with Crippen LogP contribution in [0.4, 0.5) is 11.6 Å². The highest BCUT2D eigenvalue weighted by molar-refractivity contribution is 7.15. The first-order chi connectivity index (χ1) is 9.58. The second-order valence-electron chi connectivity index (χ2n) is 4.43. The number of amides is 1. The smallest absolute Gasteiger partial charge is 0.368 e. The molecule has 0 aliphatic carbocycles. The first-order valence-corrected chi connectivity index (χ1v) is 6.83. The topological polar surface area (TPSA) is 119 Å². The monoisotopic (exact) mass is 296 g/mol. The molecular weight excluding hydrogens is 284 g/mol. The fourth-order valence-electron chi connectivity index (χ4n) is 2.28. The maximum atomic E-state index is 11.3. The number of anilines is 1. The number of carbonyl (C=O) groups is 1. The zero-order chi connectivity index (χ0) is 14.3. The van der Waals surface area contributed by atoms with E-state index in [1.165, 1.54) is 15.7 Å². The number of hydrogen-bond acceptors (Lipinski definition) is 7. The van der Waals surface area contributed by atoms with Gasteiger partial charge in [-0.05, 0) is 4.92 Å². The van der Waals surface area contributed by atoms with E-state index in [2.05, 4.69) is 10.3 Å². The van der Waals surface area contributed by atoms with Crippen LogP contribution in [-0.2, 0) is 4.79 Å². The van der Waals surface area contributed by atoms with E-state index in [1.54, 1.807) is 16.5 Å². The van der Waals surface area contributed by atoms with Crippen molar-refractivity contribution in [3.63, 3.8) is 0 Å². The molecule has 1 aliphatic heterocycles. The van der Waals surface area contributed by atoms with Crippen LogP contribution in [0.25, 0.3) is 4.96 Å². The summed E-state index contributed by atoms with van der Waals surface area (Å²) < 4.78 is 1.45. The zero-order valence-corrected chi connectivity index (χ0v) is 11.2. The van der Waals surface area contributed by atoms with Crippen molar-refractivity contribution in [1.29, 1.82) is 0 Å². The Labute approximate surface area is 117 Å². The van der Waals surface area contributed by atoms with Crippen molar-refractivity contribution in [2.45, 2.75) is 6.04 Å². The number of carbonyl (C=O) groups excluding carboxylic acids is 1. The van der Waals surface area contributed by atoms with Crippen molar-refractivity contribution >= 4 is 33.8 Å². The van der Waals surface area contributed by atoms with E-state index in [4.69, 9.17) is 5.73 Å². The maximum Gasteiger partial charge on any atom is 0.373 e. The molecule has 10 heteroatoms. The predicted octanol–water partition coefficient (Wildman–Crippen LogP) is -0.433. The standard InChI is InChI=1S/C10H12N6O3S/c11-7(17)6-5-14(2-1-12-6)8-9(16(18)19)15-3-4-20-10(15)13-8/h3-4,6,12H,1-2,5H2,(H2,11,17). The Morgan fingerprint density at radius 2 is 2.45 bits per heavy atom. The first kappa shape index (κ1) is 12.8. The van der Waals surface area contributed by atoms with Gasteiger partial charge in [-0.15, -0.1) is 0 Å². The lowest BCUT2D eigenvalue weighted by Crippen LogP contribution is -2.56. The van der Waals surface area contributed by atoms with E-state index < -0.39 is 16.9 Å². The van der Waals surface area contributed by atoms with Crippen LogP contribution in [0.3, 0.4) is 0 Å². The van der Waals surface area contributed by atoms with Crippen LogP contribution in [0.5, 0.6) is 0 Å². The summed E-state index contributed by atoms with van der Waals surface area (Å²) in [6.45, 7) is 1.34. The van der Waals surface area contributed by atoms with E-state index in [1.807, 2.05) is 0 Å². The molecule has 0 radical (unpaired) electrons. The van der Waals surface area contributed by atoms with Crippen LogP contribution >= 0.6 is 11.3 Å². The average molecular weight is 296 g/mol. The predicted molar refractivity (Wildman–Crippen MR) is 72.9 cm³/mol. The van der Waals surface area contributed by atoms with Crippen molar-refractivity contribution in [3.05, 3.63) is 21.7 Å². The van der Waals surface area contributed by atoms with E-state index in [9.17, 15) is 14.9 Å². The Morgan fingerprint density at radius 3 is 3.15 bits per heavy atom. The molecule has 1 saturated heterocycles. The van der Waals surface area contributed by atoms with E-state index in [-0.39, 0.29) is 18.2 Å². The fourth-order valence-corrected chi connectivity index (χ4v) is 2.98. The highest BCUT2D eigenvalue weighted by Crippen LogP contribution is 2.31. The Hall–Kier alpha value is -2.20. The first-order valence-electron chi connectivity index (χ1n) is 5.95. The van der Waals surface area contributed by atoms with Crippen LogP contribution in [0.1, 0.15) is 0 Å². The molecule has 3 rings (SSSR count). The van der Waals surface area contributed by atoms with E-state index in [0.717, 1.165) is 0 Å². The third-order valence-electron chi connectivity index (χ3n) is 3.21. The molecule has 3 N–H and O–H groups in total. The van der Waals surface area contributed by atoms with Crippen LogP contribution < -0.4 is 16.0 Å². The van der Waals surface area contributed by atoms with Gasteiger partial charge in [-0.1, -0.05) is 11.3 Å². The molecule has 0 bridgehead atoms. The lowest BCUT2D eigenvalue weighted by Gasteiger charge is -2.31. The SMILES string of the molecule is NC(=O)C1CN(c2nc3sccn3c2[N+](=O)[O-])CCN1. The summed E-state index contributed by atoms with van der Waals surface area (Å²) in [5.74, 6) is -0.264. The van der Waals surface area contributed by atoms with Gasteiger partial charge < -0.3 is 26.1 Å². The van der Waals surface area contributed by atoms with Gasteiger partial charge in [-0.25, -0.2) is 0 Å². The lowest BCUT2D eigenvalue weighted by atomic mass is 10.2. The molecule has 1 amide bonds. The number of nitrogens with zero attached hydrogens (tertiary/aromatic N) is 4. The van der Waals surface area contributed by atoms with Gasteiger partial charge in [0, 0.05) is 25.0 Å². The van der Waals surface area contributed by atoms with Gasteiger partial charge in [0.05, 0.1) is 0 Å². The summed E-state index contributed by atoms with van der Waals surface area (Å²) >= 11 is 1.32. The van der Waals surface area contributed by atoms with Crippen LogP contribution in [0, 0.1) is 10.1 Å². The summed E-state index contributed by atoms with van der Waals surface area (Å²) in [4.78, 5) is 28.6. The highest BCUT2D eigenvalue weighted by atomic mass is 32.1. The number of nitrogens with two attached hydrogens (primary N) is 1. The number of nitrogens with one attached hydrogen (secondary N) is 1. The van der Waals surface area contributed by atoms with E-state index >= 15 is 0 Å². The van der Waals surface area contributed by atoms with Crippen molar-refractivity contribution in [1.82, 2.24) is 14.7 Å². The molecule has 1 aliphatic rings. The molecule has 20 heavy (non-hydrogen) atoms. The van der Waals surface area contributed by atoms with Crippen molar-refractivity contribution in [2.75, 3.05) is 24.5 Å². The molecule has 1 unspecified atom stereocenters. The second-order valence-corrected chi connectivity index (χ2v) is 5.30. The van der Waals surface area contributed by atoms with Crippen molar-refractivity contribution in [2.24, 2.45) is 5.73 Å². The van der Waals surface area contributed by atoms with Gasteiger partial charge in [0.2, 0.25) is 11.7 Å². The second kappa shape index (κ2) is 4.72. The Balaban J connectivity index is 2.00. The number of imidazole rings is 1. The third-order valence-corrected chi connectivity index (χ3v) is 3.97. The molecule has 1 fully saturated rings. The minimum absolute atomic E-state index is 0.0774. The Kier molecular flexibility index (Phi) is 3.03. The van der Waals surface area contributed by atoms with Crippen molar-refractivity contribution in [3.8, 4) is 0 Å². The van der Waals surface area contributed by atoms with Crippen LogP contribution in [0.2, 0.25) is 0 Å². The summed E-state index contributed by atoms with van der Waals surface area (Å²) in [6, 6.07) is -0.525. The molecule has 3 heterocycles. The number of fused-ring (bicyclic) bond motifs is 1. The Morgan fingerprint density at radius 1 is 1.65 bits per heavy atom. The highest BCUT2D eigenvalue weighted by Gasteiger charge is 2.32. The molecule has 9 nitrogen and oxygen atoms in total. The molecular formula is C10H12N6O3S. The molecule has 0 saturated carbocycles. The van der Waals surface area contributed by atoms with Gasteiger partial charge in [0.25, 0.3) is 4.96 Å². The summed E-state index contributed by atoms with van der Waals surface area (Å²) in [7, 11) is 0. The van der Waals surface area contributed by atoms with Crippen LogP contribution in [0.15, 0.2) is 11.6 Å². The number of rotatable bonds is 3. The molecule has 0 spiro atoms. The van der Waals surface area contributed by atoms with Gasteiger partial charge >= 0.3 is 5.82 Å². The Bertz CT molecular complexity index is 680. The van der Waals surface area contributed by atoms with Gasteiger partial charge in [-0.2, -0.15) is 9.38 Å². The third kappa shape index (κ3) is 1.98. The van der Waals surface area contributed by atoms with E-state index in [0.29, 0.717) is 18.1 Å². The maximum absolute atomic E-state index is 11.3. The molecule has 2 aromatic rings. The summed E-state index contributed by atoms with van der Waals surface area (Å²) in [5.41, 5.74) is 5.27. The number of hydrogen-bond donors (Lipinski definition) is 2. The quantitative estimate of drug-likeness (QED) is 0.586. The summed E-state index contributed by atoms with van der Waals surface area (Å²) in [6.07, 6.45) is 1.61. The average Bonchev–Trinajstić information content (AvgIpc) is 2.97. The minimum atomic E-state index is -0.525. The minimum Gasteiger partial charge on any atom is -0.368 e. The molecule has 106 valence electrons. The van der Waals surface area contributed by atoms with Gasteiger partial charge in [0.1, 0.15) is 12.2 Å². The fraction of sp³-hybridized carbons (Fsp3) is 0.400. The number of piperazine rings is 1. The lowest BCUT2D eigenvalue weighted by molar-refractivity contribution is -0.389. The normalized spacial score (nSPS) is 19.4. The molecule has 1 atom stereocenters. The number of aromatic nitrogens is 2. The van der Waals surface area contributed by atoms with Gasteiger partial charge in [0.15, 0.2) is 0 Å². The van der Waals surface area contributed by atoms with Gasteiger partial charge in [-0.3, -0.25) is 4.79 Å². The molecule has 2 aromatic heterocycles. The summed E-state index contributed by atoms with van der Waals surface area (Å²) in [5, 5.41) is 16.0.